The Labute approximate surface area is 149 Å². The molecule has 24 heavy (non-hydrogen) atoms. The summed E-state index contributed by atoms with van der Waals surface area (Å²) in [6.45, 7) is 3.89. The molecule has 1 aromatic heterocycles. The number of amides is 1. The van der Waals surface area contributed by atoms with Crippen molar-refractivity contribution in [2.45, 2.75) is 32.7 Å². The number of nitrogens with one attached hydrogen (secondary N) is 1. The fourth-order valence-electron chi connectivity index (χ4n) is 2.00. The second-order valence-electron chi connectivity index (χ2n) is 5.46. The number of thiazole rings is 1. The highest BCUT2D eigenvalue weighted by Gasteiger charge is 2.20. The molecule has 1 heterocycles. The Morgan fingerprint density at radius 1 is 1.38 bits per heavy atom. The number of rotatable bonds is 6. The first-order valence-corrected chi connectivity index (χ1v) is 8.17. The van der Waals surface area contributed by atoms with E-state index in [1.807, 2.05) is 13.8 Å². The number of carbonyl (C=O) groups excluding carboxylic acids is 1. The third kappa shape index (κ3) is 5.22. The number of nitrogens with two attached hydrogens (primary N) is 1. The largest absolute Gasteiger partial charge is 0.320 e. The van der Waals surface area contributed by atoms with Crippen LogP contribution in [0.2, 0.25) is 0 Å². The fourth-order valence-corrected chi connectivity index (χ4v) is 2.85. The number of nitrogens with zero attached hydrogens (tertiary/aromatic N) is 1. The zero-order valence-corrected chi connectivity index (χ0v) is 15.0. The summed E-state index contributed by atoms with van der Waals surface area (Å²) in [4.78, 5) is 17.0. The summed E-state index contributed by atoms with van der Waals surface area (Å²) in [6.07, 6.45) is 2.84. The lowest BCUT2D eigenvalue weighted by Gasteiger charge is -2.16. The lowest BCUT2D eigenvalue weighted by molar-refractivity contribution is -0.118. The molecule has 0 aliphatic rings. The van der Waals surface area contributed by atoms with Crippen LogP contribution in [0.1, 0.15) is 30.7 Å². The monoisotopic (exact) mass is 375 g/mol. The Morgan fingerprint density at radius 3 is 2.71 bits per heavy atom. The summed E-state index contributed by atoms with van der Waals surface area (Å²) in [5.74, 6) is -1.94. The summed E-state index contributed by atoms with van der Waals surface area (Å²) in [5, 5.41) is 3.14. The number of halogens is 3. The first-order valence-electron chi connectivity index (χ1n) is 7.35. The molecule has 1 aromatic carbocycles. The quantitative estimate of drug-likeness (QED) is 0.808. The van der Waals surface area contributed by atoms with E-state index in [1.165, 1.54) is 17.4 Å². The van der Waals surface area contributed by atoms with Crippen LogP contribution in [0.5, 0.6) is 0 Å². The predicted octanol–water partition coefficient (Wildman–Crippen LogP) is 3.75. The molecule has 0 saturated heterocycles. The van der Waals surface area contributed by atoms with Crippen LogP contribution in [-0.4, -0.2) is 16.9 Å². The minimum atomic E-state index is -0.875. The van der Waals surface area contributed by atoms with Crippen molar-refractivity contribution in [3.05, 3.63) is 46.5 Å². The first-order chi connectivity index (χ1) is 10.9. The normalized spacial score (nSPS) is 13.0. The number of anilines is 1. The summed E-state index contributed by atoms with van der Waals surface area (Å²) >= 11 is 1.29. The molecular formula is C16H20ClF2N3OS. The van der Waals surface area contributed by atoms with Gasteiger partial charge in [-0.25, -0.2) is 13.8 Å². The van der Waals surface area contributed by atoms with Gasteiger partial charge in [0.05, 0.1) is 6.04 Å². The van der Waals surface area contributed by atoms with E-state index in [1.54, 1.807) is 6.20 Å². The summed E-state index contributed by atoms with van der Waals surface area (Å²) < 4.78 is 26.1. The van der Waals surface area contributed by atoms with E-state index in [9.17, 15) is 13.6 Å². The highest BCUT2D eigenvalue weighted by Crippen LogP contribution is 2.22. The second kappa shape index (κ2) is 9.05. The molecule has 1 amide bonds. The van der Waals surface area contributed by atoms with Crippen LogP contribution in [0.3, 0.4) is 0 Å². The zero-order chi connectivity index (χ0) is 17.0. The van der Waals surface area contributed by atoms with Gasteiger partial charge < -0.3 is 11.1 Å². The van der Waals surface area contributed by atoms with Gasteiger partial charge in [-0.3, -0.25) is 4.79 Å². The Bertz CT molecular complexity index is 696. The molecule has 0 fully saturated rings. The van der Waals surface area contributed by atoms with Crippen molar-refractivity contribution in [3.63, 3.8) is 0 Å². The molecule has 2 aromatic rings. The van der Waals surface area contributed by atoms with Gasteiger partial charge in [0.1, 0.15) is 0 Å². The minimum absolute atomic E-state index is 0. The smallest absolute Gasteiger partial charge is 0.243 e. The number of benzene rings is 1. The van der Waals surface area contributed by atoms with Crippen LogP contribution in [0, 0.1) is 17.6 Å². The third-order valence-electron chi connectivity index (χ3n) is 3.71. The molecular weight excluding hydrogens is 356 g/mol. The molecule has 0 spiro atoms. The predicted molar refractivity (Wildman–Crippen MR) is 94.6 cm³/mol. The van der Waals surface area contributed by atoms with E-state index in [0.717, 1.165) is 23.4 Å². The van der Waals surface area contributed by atoms with Crippen molar-refractivity contribution in [2.75, 3.05) is 5.32 Å². The Hall–Kier alpha value is -1.57. The van der Waals surface area contributed by atoms with E-state index < -0.39 is 17.7 Å². The maximum atomic E-state index is 13.2. The zero-order valence-electron chi connectivity index (χ0n) is 13.4. The molecule has 8 heteroatoms. The van der Waals surface area contributed by atoms with Gasteiger partial charge in [-0.05, 0) is 23.6 Å². The number of hydrogen-bond acceptors (Lipinski definition) is 4. The second-order valence-corrected chi connectivity index (χ2v) is 6.57. The number of hydrogen-bond donors (Lipinski definition) is 2. The number of aromatic nitrogens is 1. The van der Waals surface area contributed by atoms with Crippen molar-refractivity contribution in [3.8, 4) is 0 Å². The van der Waals surface area contributed by atoms with Crippen LogP contribution >= 0.6 is 23.7 Å². The van der Waals surface area contributed by atoms with Gasteiger partial charge >= 0.3 is 0 Å². The Morgan fingerprint density at radius 2 is 2.08 bits per heavy atom. The van der Waals surface area contributed by atoms with Crippen LogP contribution < -0.4 is 11.1 Å². The molecule has 0 aliphatic heterocycles. The topological polar surface area (TPSA) is 68.0 Å². The van der Waals surface area contributed by atoms with E-state index in [-0.39, 0.29) is 24.2 Å². The van der Waals surface area contributed by atoms with Gasteiger partial charge in [-0.1, -0.05) is 26.3 Å². The molecule has 3 N–H and O–H groups in total. The average molecular weight is 376 g/mol. The first kappa shape index (κ1) is 20.5. The van der Waals surface area contributed by atoms with E-state index in [0.29, 0.717) is 17.1 Å². The summed E-state index contributed by atoms with van der Waals surface area (Å²) in [7, 11) is 0. The van der Waals surface area contributed by atoms with Crippen LogP contribution in [-0.2, 0) is 11.2 Å². The molecule has 2 unspecified atom stereocenters. The minimum Gasteiger partial charge on any atom is -0.320 e. The SMILES string of the molecule is CCC(C)C(N)C(=O)Nc1ncc(Cc2ccc(F)c(F)c2)s1.Cl. The van der Waals surface area contributed by atoms with Crippen LogP contribution in [0.15, 0.2) is 24.4 Å². The van der Waals surface area contributed by atoms with Crippen molar-refractivity contribution in [1.29, 1.82) is 0 Å². The van der Waals surface area contributed by atoms with Crippen molar-refractivity contribution in [1.82, 2.24) is 4.98 Å². The molecule has 0 aliphatic carbocycles. The van der Waals surface area contributed by atoms with Gasteiger partial charge in [0.2, 0.25) is 5.91 Å². The lowest BCUT2D eigenvalue weighted by atomic mass is 10.00. The highest BCUT2D eigenvalue weighted by molar-refractivity contribution is 7.15. The standard InChI is InChI=1S/C16H19F2N3OS.ClH/c1-3-9(2)14(19)15(22)21-16-20-8-11(23-16)6-10-4-5-12(17)13(18)7-10;/h4-5,7-9,14H,3,6,19H2,1-2H3,(H,20,21,22);1H. The fraction of sp³-hybridized carbons (Fsp3) is 0.375. The van der Waals surface area contributed by atoms with Gasteiger partial charge in [0, 0.05) is 17.5 Å². The summed E-state index contributed by atoms with van der Waals surface area (Å²) in [6, 6.07) is 3.19. The molecule has 0 radical (unpaired) electrons. The Balaban J connectivity index is 0.00000288. The van der Waals surface area contributed by atoms with Crippen molar-refractivity contribution >= 4 is 34.8 Å². The highest BCUT2D eigenvalue weighted by atomic mass is 35.5. The maximum absolute atomic E-state index is 13.2. The molecule has 0 bridgehead atoms. The molecule has 132 valence electrons. The number of carbonyl (C=O) groups is 1. The molecule has 4 nitrogen and oxygen atoms in total. The molecule has 0 saturated carbocycles. The van der Waals surface area contributed by atoms with Gasteiger partial charge in [0.15, 0.2) is 16.8 Å². The molecule has 2 atom stereocenters. The molecule has 2 rings (SSSR count). The van der Waals surface area contributed by atoms with Crippen LogP contribution in [0.4, 0.5) is 13.9 Å². The van der Waals surface area contributed by atoms with E-state index >= 15 is 0 Å². The van der Waals surface area contributed by atoms with Gasteiger partial charge in [-0.15, -0.1) is 23.7 Å². The lowest BCUT2D eigenvalue weighted by Crippen LogP contribution is -2.40. The Kier molecular flexibility index (Phi) is 7.72. The van der Waals surface area contributed by atoms with E-state index in [4.69, 9.17) is 5.73 Å². The van der Waals surface area contributed by atoms with Crippen molar-refractivity contribution in [2.24, 2.45) is 11.7 Å². The summed E-state index contributed by atoms with van der Waals surface area (Å²) in [5.41, 5.74) is 6.51. The third-order valence-corrected chi connectivity index (χ3v) is 4.62. The van der Waals surface area contributed by atoms with Crippen LogP contribution in [0.25, 0.3) is 0 Å². The van der Waals surface area contributed by atoms with E-state index in [2.05, 4.69) is 10.3 Å². The van der Waals surface area contributed by atoms with Gasteiger partial charge in [0.25, 0.3) is 0 Å². The van der Waals surface area contributed by atoms with Crippen molar-refractivity contribution < 1.29 is 13.6 Å². The van der Waals surface area contributed by atoms with Gasteiger partial charge in [-0.2, -0.15) is 0 Å². The average Bonchev–Trinajstić information content (AvgIpc) is 2.96. The maximum Gasteiger partial charge on any atom is 0.243 e.